The van der Waals surface area contributed by atoms with E-state index in [9.17, 15) is 8.42 Å². The Morgan fingerprint density at radius 1 is 1.25 bits per heavy atom. The van der Waals surface area contributed by atoms with E-state index in [0.717, 1.165) is 19.6 Å². The molecule has 0 saturated carbocycles. The molecule has 2 heterocycles. The van der Waals surface area contributed by atoms with Gasteiger partial charge in [-0.3, -0.25) is 0 Å². The van der Waals surface area contributed by atoms with Gasteiger partial charge in [0.1, 0.15) is 5.15 Å². The minimum Gasteiger partial charge on any atom is -0.302 e. The molecule has 1 fully saturated rings. The summed E-state index contributed by atoms with van der Waals surface area (Å²) in [6, 6.07) is 2.80. The van der Waals surface area contributed by atoms with Gasteiger partial charge in [0.05, 0.1) is 4.90 Å². The molecule has 112 valence electrons. The highest BCUT2D eigenvalue weighted by Gasteiger charge is 2.15. The van der Waals surface area contributed by atoms with Crippen LogP contribution < -0.4 is 4.72 Å². The van der Waals surface area contributed by atoms with Crippen molar-refractivity contribution in [2.24, 2.45) is 0 Å². The summed E-state index contributed by atoms with van der Waals surface area (Å²) in [6.07, 6.45) is 6.35. The van der Waals surface area contributed by atoms with E-state index in [0.29, 0.717) is 6.54 Å². The van der Waals surface area contributed by atoms with Crippen molar-refractivity contribution >= 4 is 21.6 Å². The molecule has 1 aromatic rings. The number of nitrogens with zero attached hydrogens (tertiary/aromatic N) is 2. The monoisotopic (exact) mass is 317 g/mol. The van der Waals surface area contributed by atoms with Crippen molar-refractivity contribution in [1.29, 1.82) is 0 Å². The molecule has 0 unspecified atom stereocenters. The van der Waals surface area contributed by atoms with Gasteiger partial charge in [0.15, 0.2) is 0 Å². The smallest absolute Gasteiger partial charge is 0.240 e. The second kappa shape index (κ2) is 7.36. The largest absolute Gasteiger partial charge is 0.302 e. The van der Waals surface area contributed by atoms with E-state index in [1.54, 1.807) is 0 Å². The Balaban J connectivity index is 1.86. The molecule has 1 aromatic heterocycles. The predicted octanol–water partition coefficient (Wildman–Crippen LogP) is 1.89. The van der Waals surface area contributed by atoms with Gasteiger partial charge in [-0.25, -0.2) is 18.1 Å². The van der Waals surface area contributed by atoms with Crippen LogP contribution >= 0.6 is 11.6 Å². The summed E-state index contributed by atoms with van der Waals surface area (Å²) in [5.74, 6) is 0. The van der Waals surface area contributed by atoms with Crippen molar-refractivity contribution in [3.05, 3.63) is 23.5 Å². The normalized spacial score (nSPS) is 17.9. The summed E-state index contributed by atoms with van der Waals surface area (Å²) < 4.78 is 26.8. The Hall–Kier alpha value is -0.690. The standard InChI is InChI=1S/C13H20ClN3O2S/c14-13-11-12(5-6-15-13)20(18,19)16-7-10-17-8-3-1-2-4-9-17/h5-6,11,16H,1-4,7-10H2. The van der Waals surface area contributed by atoms with Gasteiger partial charge >= 0.3 is 0 Å². The minimum absolute atomic E-state index is 0.161. The van der Waals surface area contributed by atoms with Crippen molar-refractivity contribution in [2.45, 2.75) is 30.6 Å². The van der Waals surface area contributed by atoms with Crippen LogP contribution in [0.15, 0.2) is 23.2 Å². The zero-order chi connectivity index (χ0) is 14.4. The van der Waals surface area contributed by atoms with Crippen molar-refractivity contribution < 1.29 is 8.42 Å². The average Bonchev–Trinajstić information content (AvgIpc) is 2.67. The number of halogens is 1. The third kappa shape index (κ3) is 4.70. The topological polar surface area (TPSA) is 62.3 Å². The lowest BCUT2D eigenvalue weighted by Crippen LogP contribution is -2.35. The van der Waals surface area contributed by atoms with E-state index in [1.165, 1.54) is 44.0 Å². The molecule has 1 aliphatic heterocycles. The maximum absolute atomic E-state index is 12.1. The lowest BCUT2D eigenvalue weighted by atomic mass is 10.2. The van der Waals surface area contributed by atoms with Crippen molar-refractivity contribution in [1.82, 2.24) is 14.6 Å². The molecule has 0 aromatic carbocycles. The molecule has 20 heavy (non-hydrogen) atoms. The number of pyridine rings is 1. The summed E-state index contributed by atoms with van der Waals surface area (Å²) in [5, 5.41) is 0.181. The molecule has 0 radical (unpaired) electrons. The maximum atomic E-state index is 12.1. The fraction of sp³-hybridized carbons (Fsp3) is 0.615. The van der Waals surface area contributed by atoms with Gasteiger partial charge < -0.3 is 4.90 Å². The molecule has 2 rings (SSSR count). The first-order valence-corrected chi connectivity index (χ1v) is 8.78. The highest BCUT2D eigenvalue weighted by molar-refractivity contribution is 7.89. The molecule has 0 atom stereocenters. The first-order valence-electron chi connectivity index (χ1n) is 6.91. The fourth-order valence-electron chi connectivity index (χ4n) is 2.33. The average molecular weight is 318 g/mol. The van der Waals surface area contributed by atoms with E-state index in [1.807, 2.05) is 0 Å². The second-order valence-corrected chi connectivity index (χ2v) is 7.12. The Morgan fingerprint density at radius 2 is 1.95 bits per heavy atom. The molecule has 1 aliphatic rings. The van der Waals surface area contributed by atoms with E-state index >= 15 is 0 Å². The Bertz CT molecular complexity index is 528. The molecule has 0 spiro atoms. The number of aromatic nitrogens is 1. The van der Waals surface area contributed by atoms with Gasteiger partial charge in [-0.15, -0.1) is 0 Å². The van der Waals surface area contributed by atoms with E-state index in [2.05, 4.69) is 14.6 Å². The maximum Gasteiger partial charge on any atom is 0.240 e. The number of hydrogen-bond donors (Lipinski definition) is 1. The van der Waals surface area contributed by atoms with Crippen LogP contribution in [0.1, 0.15) is 25.7 Å². The number of nitrogens with one attached hydrogen (secondary N) is 1. The molecule has 5 nitrogen and oxygen atoms in total. The Morgan fingerprint density at radius 3 is 2.60 bits per heavy atom. The molecular formula is C13H20ClN3O2S. The van der Waals surface area contributed by atoms with Crippen LogP contribution in [-0.2, 0) is 10.0 Å². The third-order valence-electron chi connectivity index (χ3n) is 3.43. The zero-order valence-corrected chi connectivity index (χ0v) is 13.0. The molecule has 7 heteroatoms. The SMILES string of the molecule is O=S(=O)(NCCN1CCCCCC1)c1ccnc(Cl)c1. The lowest BCUT2D eigenvalue weighted by molar-refractivity contribution is 0.290. The molecule has 0 amide bonds. The Kier molecular flexibility index (Phi) is 5.77. The van der Waals surface area contributed by atoms with Crippen molar-refractivity contribution in [2.75, 3.05) is 26.2 Å². The molecular weight excluding hydrogens is 298 g/mol. The first-order chi connectivity index (χ1) is 9.58. The van der Waals surface area contributed by atoms with Crippen LogP contribution in [0.25, 0.3) is 0 Å². The summed E-state index contributed by atoms with van der Waals surface area (Å²) in [5.41, 5.74) is 0. The highest BCUT2D eigenvalue weighted by Crippen LogP contribution is 2.12. The summed E-state index contributed by atoms with van der Waals surface area (Å²) in [4.78, 5) is 6.26. The van der Waals surface area contributed by atoms with E-state index in [-0.39, 0.29) is 10.0 Å². The summed E-state index contributed by atoms with van der Waals surface area (Å²) >= 11 is 5.71. The minimum atomic E-state index is -3.49. The van der Waals surface area contributed by atoms with Gasteiger partial charge in [-0.1, -0.05) is 24.4 Å². The van der Waals surface area contributed by atoms with Gasteiger partial charge in [-0.05, 0) is 38.1 Å². The molecule has 1 N–H and O–H groups in total. The van der Waals surface area contributed by atoms with Crippen LogP contribution in [-0.4, -0.2) is 44.5 Å². The van der Waals surface area contributed by atoms with Gasteiger partial charge in [0, 0.05) is 19.3 Å². The van der Waals surface area contributed by atoms with E-state index < -0.39 is 10.0 Å². The number of sulfonamides is 1. The quantitative estimate of drug-likeness (QED) is 0.842. The van der Waals surface area contributed by atoms with Crippen LogP contribution in [0.3, 0.4) is 0 Å². The van der Waals surface area contributed by atoms with Crippen LogP contribution in [0.5, 0.6) is 0 Å². The first kappa shape index (κ1) is 15.7. The molecule has 0 bridgehead atoms. The van der Waals surface area contributed by atoms with Gasteiger partial charge in [-0.2, -0.15) is 0 Å². The third-order valence-corrected chi connectivity index (χ3v) is 5.09. The van der Waals surface area contributed by atoms with Crippen LogP contribution in [0.2, 0.25) is 5.15 Å². The fourth-order valence-corrected chi connectivity index (χ4v) is 3.61. The lowest BCUT2D eigenvalue weighted by Gasteiger charge is -2.19. The van der Waals surface area contributed by atoms with Gasteiger partial charge in [0.25, 0.3) is 0 Å². The van der Waals surface area contributed by atoms with Gasteiger partial charge in [0.2, 0.25) is 10.0 Å². The Labute approximate surface area is 125 Å². The highest BCUT2D eigenvalue weighted by atomic mass is 35.5. The molecule has 0 aliphatic carbocycles. The van der Waals surface area contributed by atoms with Crippen molar-refractivity contribution in [3.8, 4) is 0 Å². The van der Waals surface area contributed by atoms with E-state index in [4.69, 9.17) is 11.6 Å². The summed E-state index contributed by atoms with van der Waals surface area (Å²) in [7, 11) is -3.49. The zero-order valence-electron chi connectivity index (χ0n) is 11.4. The number of likely N-dealkylation sites (tertiary alicyclic amines) is 1. The summed E-state index contributed by atoms with van der Waals surface area (Å²) in [6.45, 7) is 3.28. The predicted molar refractivity (Wildman–Crippen MR) is 79.3 cm³/mol. The number of hydrogen-bond acceptors (Lipinski definition) is 4. The van der Waals surface area contributed by atoms with Crippen LogP contribution in [0.4, 0.5) is 0 Å². The van der Waals surface area contributed by atoms with Crippen LogP contribution in [0, 0.1) is 0 Å². The second-order valence-electron chi connectivity index (χ2n) is 4.97. The van der Waals surface area contributed by atoms with Crippen molar-refractivity contribution in [3.63, 3.8) is 0 Å². The molecule has 1 saturated heterocycles. The number of rotatable bonds is 5.